The second-order valence-corrected chi connectivity index (χ2v) is 2.66. The first-order valence-electron chi connectivity index (χ1n) is 5.29. The first-order valence-corrected chi connectivity index (χ1v) is 5.29. The van der Waals surface area contributed by atoms with E-state index in [1.807, 2.05) is 6.92 Å². The van der Waals surface area contributed by atoms with E-state index in [0.29, 0.717) is 6.54 Å². The third kappa shape index (κ3) is 28.1. The molecule has 0 spiro atoms. The predicted octanol–water partition coefficient (Wildman–Crippen LogP) is 1.36. The molecule has 1 N–H and O–H groups in total. The summed E-state index contributed by atoms with van der Waals surface area (Å²) in [7, 11) is 0. The van der Waals surface area contributed by atoms with Crippen molar-refractivity contribution in [3.63, 3.8) is 0 Å². The van der Waals surface area contributed by atoms with Crippen molar-refractivity contribution in [1.29, 1.82) is 0 Å². The summed E-state index contributed by atoms with van der Waals surface area (Å²) in [6.45, 7) is 7.58. The van der Waals surface area contributed by atoms with E-state index >= 15 is 0 Å². The van der Waals surface area contributed by atoms with E-state index in [4.69, 9.17) is 0 Å². The molecule has 0 amide bonds. The molecule has 0 bridgehead atoms. The van der Waals surface area contributed by atoms with Crippen LogP contribution in [0.5, 0.6) is 0 Å². The molecule has 2 aromatic heterocycles. The Kier molecular flexibility index (Phi) is 74.1. The minimum atomic E-state index is -0.289. The molecule has 11 heteroatoms. The van der Waals surface area contributed by atoms with Crippen LogP contribution in [-0.4, -0.2) is 19.5 Å². The number of hydrogen-bond acceptors (Lipinski definition) is 4. The molecule has 0 aliphatic heterocycles. The van der Waals surface area contributed by atoms with E-state index < -0.39 is 0 Å². The maximum Gasteiger partial charge on any atom is 0.176 e. The summed E-state index contributed by atoms with van der Waals surface area (Å²) in [5, 5.41) is 0. The van der Waals surface area contributed by atoms with Gasteiger partial charge in [0.2, 0.25) is 0 Å². The van der Waals surface area contributed by atoms with Gasteiger partial charge in [-0.25, -0.2) is 0 Å². The zero-order valence-electron chi connectivity index (χ0n) is 14.8. The minimum absolute atomic E-state index is 0. The van der Waals surface area contributed by atoms with Crippen molar-refractivity contribution in [2.24, 2.45) is 0 Å². The fourth-order valence-corrected chi connectivity index (χ4v) is 0.866. The third-order valence-corrected chi connectivity index (χ3v) is 1.61. The van der Waals surface area contributed by atoms with E-state index in [2.05, 4.69) is 34.3 Å². The third-order valence-electron chi connectivity index (χ3n) is 1.61. The van der Waals surface area contributed by atoms with Crippen LogP contribution in [0.15, 0.2) is 34.4 Å². The summed E-state index contributed by atoms with van der Waals surface area (Å²) in [5.74, 6) is 0. The Bertz CT molecular complexity index is 543. The molecule has 6 nitrogen and oxygen atoms in total. The van der Waals surface area contributed by atoms with Crippen LogP contribution in [0.2, 0.25) is 0 Å². The Labute approximate surface area is 239 Å². The first kappa shape index (κ1) is 50.5. The van der Waals surface area contributed by atoms with Gasteiger partial charge in [-0.15, -0.1) is 12.4 Å². The summed E-state index contributed by atoms with van der Waals surface area (Å²) < 4.78 is 1.53. The van der Waals surface area contributed by atoms with Crippen molar-refractivity contribution in [1.82, 2.24) is 19.5 Å². The standard InChI is InChI=1S/C6H7N2O.C4H3N2O.C2H5.2CH3.2V.W.2Y/c1-2-8-4-3-7-5-6(8)9;7-4-3-5-1-2-6-4;1-2;;;;;;;/h3-4H,2H2,1H3;1-2H,(H,6,7);1H2,2H3;2*1H3;;;;;/q5*-1;;;;;. The molecule has 0 aliphatic rings. The van der Waals surface area contributed by atoms with Crippen LogP contribution >= 0.6 is 0 Å². The number of H-pyrrole nitrogens is 1. The fraction of sp³-hybridized carbons (Fsp3) is 0.214. The number of nitrogens with one attached hydrogen (secondary N) is 1. The van der Waals surface area contributed by atoms with Crippen LogP contribution in [0.4, 0.5) is 0 Å². The van der Waals surface area contributed by atoms with Gasteiger partial charge in [0.05, 0.1) is 0 Å². The molecule has 2 heterocycles. The number of rotatable bonds is 1. The second kappa shape index (κ2) is 36.7. The molecule has 0 unspecified atom stereocenters. The van der Waals surface area contributed by atoms with Crippen LogP contribution < -0.4 is 11.1 Å². The Morgan fingerprint density at radius 3 is 1.80 bits per heavy atom. The molecule has 0 saturated carbocycles. The molecular formula is C14H21N4O2V2WY2-5. The zero-order valence-corrected chi connectivity index (χ0v) is 26.2. The first-order chi connectivity index (χ1) is 8.74. The van der Waals surface area contributed by atoms with Crippen molar-refractivity contribution in [3.8, 4) is 0 Å². The molecule has 0 aromatic carbocycles. The van der Waals surface area contributed by atoms with E-state index in [-0.39, 0.29) is 150 Å². The van der Waals surface area contributed by atoms with Crippen LogP contribution in [0.3, 0.4) is 0 Å². The van der Waals surface area contributed by atoms with Crippen LogP contribution in [0.1, 0.15) is 13.8 Å². The average Bonchev–Trinajstić information content (AvgIpc) is 2.43. The monoisotopic (exact) mass is 741 g/mol. The van der Waals surface area contributed by atoms with Gasteiger partial charge in [-0.05, 0) is 6.92 Å². The maximum atomic E-state index is 10.7. The zero-order chi connectivity index (χ0) is 13.8. The SMILES string of the molecule is CCn1ccn[c-]c1=O.O=c1[c-]ncc[nH]1.[CH2-]C.[CH3-].[CH3-].[V].[V].[W].[Y].[Y]. The summed E-state index contributed by atoms with van der Waals surface area (Å²) in [6.07, 6.45) is 10.6. The van der Waals surface area contributed by atoms with Crippen LogP contribution in [0, 0.1) is 34.2 Å². The van der Waals surface area contributed by atoms with Gasteiger partial charge in [-0.1, -0.05) is 24.8 Å². The summed E-state index contributed by atoms with van der Waals surface area (Å²) in [5.41, 5.74) is -0.456. The van der Waals surface area contributed by atoms with Crippen molar-refractivity contribution in [3.05, 3.63) is 79.7 Å². The van der Waals surface area contributed by atoms with E-state index in [9.17, 15) is 9.59 Å². The normalized spacial score (nSPS) is 6.04. The summed E-state index contributed by atoms with van der Waals surface area (Å²) in [6, 6.07) is 0. The Morgan fingerprint density at radius 1 is 1.08 bits per heavy atom. The minimum Gasteiger partial charge on any atom is -0.452 e. The Morgan fingerprint density at radius 2 is 1.56 bits per heavy atom. The van der Waals surface area contributed by atoms with Gasteiger partial charge < -0.3 is 41.3 Å². The predicted molar refractivity (Wildman–Crippen MR) is 80.6 cm³/mol. The number of aromatic amines is 1. The topological polar surface area (TPSA) is 80.6 Å². The van der Waals surface area contributed by atoms with Crippen molar-refractivity contribution < 1.29 is 124 Å². The molecule has 0 atom stereocenters. The number of aromatic nitrogens is 4. The van der Waals surface area contributed by atoms with Gasteiger partial charge >= 0.3 is 0 Å². The fourth-order valence-electron chi connectivity index (χ4n) is 0.866. The number of aryl methyl sites for hydroxylation is 1. The molecular weight excluding hydrogens is 720 g/mol. The van der Waals surface area contributed by atoms with E-state index in [0.717, 1.165) is 0 Å². The van der Waals surface area contributed by atoms with Gasteiger partial charge in [0.1, 0.15) is 0 Å². The molecule has 2 aromatic rings. The quantitative estimate of drug-likeness (QED) is 0.449. The van der Waals surface area contributed by atoms with Gasteiger partial charge in [0, 0.05) is 130 Å². The number of hydrogen-bond donors (Lipinski definition) is 1. The van der Waals surface area contributed by atoms with Gasteiger partial charge in [-0.2, -0.15) is 6.92 Å². The maximum absolute atomic E-state index is 10.7. The molecule has 4 radical (unpaired) electrons. The Hall–Kier alpha value is 1.82. The van der Waals surface area contributed by atoms with Crippen molar-refractivity contribution in [2.45, 2.75) is 20.4 Å². The molecule has 25 heavy (non-hydrogen) atoms. The molecule has 0 saturated heterocycles. The largest absolute Gasteiger partial charge is 0.452 e. The van der Waals surface area contributed by atoms with Gasteiger partial charge in [-0.3, -0.25) is 9.59 Å². The number of nitrogens with zero attached hydrogens (tertiary/aromatic N) is 3. The summed E-state index contributed by atoms with van der Waals surface area (Å²) in [4.78, 5) is 30.1. The van der Waals surface area contributed by atoms with Gasteiger partial charge in [0.15, 0.2) is 11.1 Å². The smallest absolute Gasteiger partial charge is 0.176 e. The second-order valence-electron chi connectivity index (χ2n) is 2.66. The van der Waals surface area contributed by atoms with Gasteiger partial charge in [0.25, 0.3) is 0 Å². The molecule has 2 rings (SSSR count). The molecule has 136 valence electrons. The van der Waals surface area contributed by atoms with Crippen molar-refractivity contribution in [2.75, 3.05) is 0 Å². The van der Waals surface area contributed by atoms with E-state index in [1.54, 1.807) is 19.3 Å². The Balaban J connectivity index is -0.0000000282. The van der Waals surface area contributed by atoms with E-state index in [1.165, 1.54) is 17.0 Å². The summed E-state index contributed by atoms with van der Waals surface area (Å²) >= 11 is 0. The average molecular weight is 741 g/mol. The molecule has 0 aliphatic carbocycles. The molecule has 0 fully saturated rings. The van der Waals surface area contributed by atoms with Crippen LogP contribution in [0.25, 0.3) is 0 Å². The van der Waals surface area contributed by atoms with Crippen LogP contribution in [-0.2, 0) is 130 Å². The van der Waals surface area contributed by atoms with Crippen molar-refractivity contribution >= 4 is 0 Å².